The van der Waals surface area contributed by atoms with Gasteiger partial charge in [-0.3, -0.25) is 0 Å². The summed E-state index contributed by atoms with van der Waals surface area (Å²) in [5, 5.41) is 0. The van der Waals surface area contributed by atoms with Gasteiger partial charge in [0.15, 0.2) is 0 Å². The third kappa shape index (κ3) is 4.10. The lowest BCUT2D eigenvalue weighted by Gasteiger charge is -2.62. The average molecular weight is 474 g/mol. The maximum atomic E-state index is 13.6. The third-order valence-corrected chi connectivity index (χ3v) is 8.71. The summed E-state index contributed by atoms with van der Waals surface area (Å²) in [6, 6.07) is 20.9. The highest BCUT2D eigenvalue weighted by molar-refractivity contribution is 5.70. The minimum absolute atomic E-state index is 0.0495. The fourth-order valence-corrected chi connectivity index (χ4v) is 6.82. The van der Waals surface area contributed by atoms with Gasteiger partial charge in [0.25, 0.3) is 0 Å². The zero-order valence-corrected chi connectivity index (χ0v) is 21.9. The molecule has 0 saturated heterocycles. The molecule has 186 valence electrons. The van der Waals surface area contributed by atoms with Crippen LogP contribution in [0.4, 0.5) is 4.79 Å². The molecule has 1 heterocycles. The van der Waals surface area contributed by atoms with Crippen molar-refractivity contribution in [1.29, 1.82) is 0 Å². The van der Waals surface area contributed by atoms with Crippen LogP contribution in [0.5, 0.6) is 0 Å². The molecule has 35 heavy (non-hydrogen) atoms. The highest BCUT2D eigenvalue weighted by Gasteiger charge is 2.60. The monoisotopic (exact) mass is 473 g/mol. The van der Waals surface area contributed by atoms with Gasteiger partial charge in [-0.2, -0.15) is 0 Å². The Hall–Kier alpha value is -2.59. The zero-order chi connectivity index (χ0) is 24.9. The van der Waals surface area contributed by atoms with Crippen molar-refractivity contribution < 1.29 is 14.3 Å². The van der Waals surface area contributed by atoms with Gasteiger partial charge in [-0.15, -0.1) is 0 Å². The number of carbonyl (C=O) groups is 1. The van der Waals surface area contributed by atoms with Crippen LogP contribution in [0.1, 0.15) is 77.7 Å². The lowest BCUT2D eigenvalue weighted by atomic mass is 9.44. The molecule has 4 aliphatic rings. The highest BCUT2D eigenvalue weighted by Crippen LogP contribution is 2.68. The first-order valence-corrected chi connectivity index (χ1v) is 13.2. The summed E-state index contributed by atoms with van der Waals surface area (Å²) < 4.78 is 13.4. The van der Waals surface area contributed by atoms with Crippen molar-refractivity contribution in [2.45, 2.75) is 78.7 Å². The van der Waals surface area contributed by atoms with Crippen molar-refractivity contribution in [3.8, 4) is 0 Å². The molecule has 1 amide bonds. The van der Waals surface area contributed by atoms with E-state index in [9.17, 15) is 4.79 Å². The van der Waals surface area contributed by atoms with Crippen molar-refractivity contribution >= 4 is 6.09 Å². The van der Waals surface area contributed by atoms with Gasteiger partial charge in [-0.05, 0) is 74.5 Å². The predicted octanol–water partition coefficient (Wildman–Crippen LogP) is 7.69. The smallest absolute Gasteiger partial charge is 0.412 e. The molecule has 4 heteroatoms. The Morgan fingerprint density at radius 2 is 1.49 bits per heavy atom. The number of ether oxygens (including phenoxy) is 2. The summed E-state index contributed by atoms with van der Waals surface area (Å²) in [4.78, 5) is 15.4. The van der Waals surface area contributed by atoms with Crippen molar-refractivity contribution in [2.24, 2.45) is 23.2 Å². The highest BCUT2D eigenvalue weighted by atomic mass is 16.6. The van der Waals surface area contributed by atoms with E-state index in [1.54, 1.807) is 0 Å². The van der Waals surface area contributed by atoms with Gasteiger partial charge >= 0.3 is 6.09 Å². The van der Waals surface area contributed by atoms with Crippen LogP contribution >= 0.6 is 0 Å². The molecule has 2 bridgehead atoms. The SMILES string of the molecule is CC(C)N(C(=O)OC1=C2[C@H](C[C@H]3C[C@@H]2C3(C)C)[C@@H](c2ccccc2)O[C@H]1c1ccccc1)C(C)C. The van der Waals surface area contributed by atoms with Gasteiger partial charge in [0.2, 0.25) is 0 Å². The number of benzene rings is 2. The van der Waals surface area contributed by atoms with Crippen LogP contribution < -0.4 is 0 Å². The molecular formula is C31H39NO3. The molecule has 6 rings (SSSR count). The maximum absolute atomic E-state index is 13.6. The van der Waals surface area contributed by atoms with Crippen molar-refractivity contribution in [3.63, 3.8) is 0 Å². The van der Waals surface area contributed by atoms with E-state index in [-0.39, 0.29) is 35.6 Å². The first kappa shape index (κ1) is 24.1. The van der Waals surface area contributed by atoms with E-state index in [1.807, 2.05) is 50.8 Å². The lowest BCUT2D eigenvalue weighted by molar-refractivity contribution is -0.129. The summed E-state index contributed by atoms with van der Waals surface area (Å²) in [7, 11) is 0. The Balaban J connectivity index is 1.65. The molecular weight excluding hydrogens is 434 g/mol. The van der Waals surface area contributed by atoms with Gasteiger partial charge in [0.05, 0.1) is 6.10 Å². The summed E-state index contributed by atoms with van der Waals surface area (Å²) in [6.45, 7) is 12.9. The minimum atomic E-state index is -0.411. The maximum Gasteiger partial charge on any atom is 0.415 e. The van der Waals surface area contributed by atoms with Gasteiger partial charge in [0.1, 0.15) is 11.9 Å². The lowest BCUT2D eigenvalue weighted by Crippen LogP contribution is -2.55. The number of carbonyl (C=O) groups excluding carboxylic acids is 1. The summed E-state index contributed by atoms with van der Waals surface area (Å²) >= 11 is 0. The van der Waals surface area contributed by atoms with Crippen LogP contribution in [0, 0.1) is 23.2 Å². The van der Waals surface area contributed by atoms with E-state index in [4.69, 9.17) is 9.47 Å². The van der Waals surface area contributed by atoms with Gasteiger partial charge in [-0.1, -0.05) is 74.5 Å². The molecule has 2 aromatic rings. The molecule has 4 nitrogen and oxygen atoms in total. The molecule has 3 aliphatic carbocycles. The molecule has 1 aliphatic heterocycles. The van der Waals surface area contributed by atoms with Crippen molar-refractivity contribution in [2.75, 3.05) is 0 Å². The molecule has 0 N–H and O–H groups in total. The molecule has 3 saturated carbocycles. The Kier molecular flexibility index (Phi) is 6.29. The number of hydrogen-bond donors (Lipinski definition) is 0. The first-order chi connectivity index (χ1) is 16.7. The second-order valence-electron chi connectivity index (χ2n) is 11.7. The van der Waals surface area contributed by atoms with E-state index in [0.29, 0.717) is 11.8 Å². The van der Waals surface area contributed by atoms with Crippen LogP contribution in [0.3, 0.4) is 0 Å². The molecule has 0 unspecified atom stereocenters. The summed E-state index contributed by atoms with van der Waals surface area (Å²) in [5.74, 6) is 2.04. The third-order valence-electron chi connectivity index (χ3n) is 8.71. The number of amides is 1. The Labute approximate surface area is 210 Å². The minimum Gasteiger partial charge on any atom is -0.412 e. The molecule has 3 fully saturated rings. The Bertz CT molecular complexity index is 1080. The number of hydrogen-bond acceptors (Lipinski definition) is 3. The Morgan fingerprint density at radius 3 is 2.03 bits per heavy atom. The quantitative estimate of drug-likeness (QED) is 0.447. The van der Waals surface area contributed by atoms with E-state index in [0.717, 1.165) is 17.7 Å². The van der Waals surface area contributed by atoms with Gasteiger partial charge < -0.3 is 14.4 Å². The molecule has 0 aromatic heterocycles. The van der Waals surface area contributed by atoms with Gasteiger partial charge in [0, 0.05) is 18.0 Å². The summed E-state index contributed by atoms with van der Waals surface area (Å²) in [6.07, 6.45) is 1.50. The van der Waals surface area contributed by atoms with E-state index >= 15 is 0 Å². The number of rotatable bonds is 5. The largest absolute Gasteiger partial charge is 0.415 e. The topological polar surface area (TPSA) is 38.8 Å². The normalized spacial score (nSPS) is 29.0. The first-order valence-electron chi connectivity index (χ1n) is 13.2. The van der Waals surface area contributed by atoms with Crippen LogP contribution in [0.15, 0.2) is 72.0 Å². The van der Waals surface area contributed by atoms with Crippen molar-refractivity contribution in [3.05, 3.63) is 83.1 Å². The summed E-state index contributed by atoms with van der Waals surface area (Å²) in [5.41, 5.74) is 3.75. The average Bonchev–Trinajstić information content (AvgIpc) is 2.84. The van der Waals surface area contributed by atoms with E-state index < -0.39 is 6.10 Å². The Morgan fingerprint density at radius 1 is 0.914 bits per heavy atom. The number of nitrogens with zero attached hydrogens (tertiary/aromatic N) is 1. The van der Waals surface area contributed by atoms with Crippen LogP contribution in [-0.4, -0.2) is 23.1 Å². The van der Waals surface area contributed by atoms with Gasteiger partial charge in [-0.25, -0.2) is 4.79 Å². The standard InChI is InChI=1S/C31H39NO3/c1-19(2)32(20(3)4)30(33)35-29-26-24(17-23-18-25(26)31(23,5)6)27(21-13-9-7-10-14-21)34-28(29)22-15-11-8-12-16-22/h7-16,19-20,23-25,27-28H,17-18H2,1-6H3/t23-,24-,25-,27+,28-/m0/s1. The second-order valence-corrected chi connectivity index (χ2v) is 11.7. The molecule has 0 radical (unpaired) electrons. The van der Waals surface area contributed by atoms with Crippen LogP contribution in [0.2, 0.25) is 0 Å². The van der Waals surface area contributed by atoms with Crippen LogP contribution in [-0.2, 0) is 9.47 Å². The van der Waals surface area contributed by atoms with E-state index in [1.165, 1.54) is 17.6 Å². The fraction of sp³-hybridized carbons (Fsp3) is 0.516. The predicted molar refractivity (Wildman–Crippen MR) is 139 cm³/mol. The van der Waals surface area contributed by atoms with Crippen molar-refractivity contribution in [1.82, 2.24) is 4.90 Å². The second kappa shape index (κ2) is 9.13. The van der Waals surface area contributed by atoms with E-state index in [2.05, 4.69) is 56.3 Å². The zero-order valence-electron chi connectivity index (χ0n) is 21.9. The fourth-order valence-electron chi connectivity index (χ4n) is 6.82. The molecule has 2 aromatic carbocycles. The van der Waals surface area contributed by atoms with Crippen LogP contribution in [0.25, 0.3) is 0 Å². The molecule has 0 spiro atoms. The molecule has 5 atom stereocenters.